The Hall–Kier alpha value is -4.61. The molecule has 46 heteroatoms. The molecule has 1 heterocycles. The first kappa shape index (κ1) is 163. The average Bonchev–Trinajstić information content (AvgIpc) is 0.905. The number of rotatable bonds is 42. The number of nitrogens with one attached hydrogen (secondary N) is 2. The van der Waals surface area contributed by atoms with Crippen molar-refractivity contribution in [2.45, 2.75) is 234 Å². The number of hydrogen-bond donors (Lipinski definition) is 4. The molecule has 1 amide bonds. The summed E-state index contributed by atoms with van der Waals surface area (Å²) in [5.41, 5.74) is 16.6. The molecule has 1 aliphatic carbocycles. The maximum atomic E-state index is 11.2. The van der Waals surface area contributed by atoms with Gasteiger partial charge in [-0.25, -0.2) is 4.99 Å². The molecular formula is C88H181ClN5NaO31Si8. The van der Waals surface area contributed by atoms with Crippen LogP contribution in [0.2, 0.25) is 36.3 Å². The van der Waals surface area contributed by atoms with Crippen LogP contribution >= 0.6 is 0 Å². The van der Waals surface area contributed by atoms with E-state index in [4.69, 9.17) is 118 Å². The van der Waals surface area contributed by atoms with Crippen molar-refractivity contribution in [3.05, 3.63) is 107 Å². The molecule has 0 spiro atoms. The number of fused-ring (bicyclic) bond motifs is 1. The van der Waals surface area contributed by atoms with Gasteiger partial charge in [-0.2, -0.15) is 0 Å². The number of esters is 2. The van der Waals surface area contributed by atoms with Crippen molar-refractivity contribution in [2.75, 3.05) is 184 Å². The van der Waals surface area contributed by atoms with Gasteiger partial charge >= 0.3 is 119 Å². The Kier molecular flexibility index (Phi) is 140. The standard InChI is InChI=1S/C33H39N3.C10H21NO6Si.C6H17NO3Si.4C5H14O3Si.C4H4O3.7C2H6.CH2O3.ClH.Na.2O2Si/c1-6-34-32-24-23-31(29-13-11-12-14-30(29)32)33(25-15-19-27(20-16-25)35(7-2)8-3)26-17-21-28(22-18-26)36(9-4)10-5;1-15-18(16-2,17-3)8-4-7-11-9(12)5-6-10(13)14;1-8-11(9-2,10-3)6-4-5-7;4*1-5-9(6-2,7-3)8-4;5-3-1-2-4(6)7-3;7*1-2;2-1-4-3;;;2*1-3-2/h11-24H,6-10H2,1-5H3;4-8H2,1-3H3,(H,11,12)(H,13,14);4-7H2,1-3H3;4*5H2,1-4H3;1-2H2;7*1-2H3;1,3H;1H;;;/q;;;;;;;;;;;;;;;;;+1;;/p-1. The molecule has 5 N–H and O–H groups in total. The number of amides is 1. The van der Waals surface area contributed by atoms with Crippen LogP contribution in [0.5, 0.6) is 0 Å². The van der Waals surface area contributed by atoms with E-state index >= 15 is 0 Å². The summed E-state index contributed by atoms with van der Waals surface area (Å²) in [7, 11) is 12.3. The Morgan fingerprint density at radius 3 is 0.910 bits per heavy atom. The average molecular weight is 2090 g/mol. The molecule has 0 unspecified atom stereocenters. The molecule has 36 nitrogen and oxygen atoms in total. The van der Waals surface area contributed by atoms with Crippen molar-refractivity contribution >= 4 is 130 Å². The number of carboxylic acid groups (broad SMARTS) is 1. The second-order valence-corrected chi connectivity index (χ2v) is 42.9. The third-order valence-electron chi connectivity index (χ3n) is 17.5. The first-order valence-electron chi connectivity index (χ1n) is 44.8. The molecule has 1 saturated heterocycles. The molecule has 5 rings (SSSR count). The van der Waals surface area contributed by atoms with E-state index < -0.39 is 89.3 Å². The minimum absolute atomic E-state index is 0. The van der Waals surface area contributed by atoms with Crippen LogP contribution in [0.25, 0.3) is 11.1 Å². The minimum atomic E-state index is -2.57. The largest absolute Gasteiger partial charge is 1.00 e. The van der Waals surface area contributed by atoms with Gasteiger partial charge in [0.2, 0.25) is 11.6 Å². The fourth-order valence-electron chi connectivity index (χ4n) is 10.6. The summed E-state index contributed by atoms with van der Waals surface area (Å²) in [4.78, 5) is 61.1. The SMILES string of the molecule is CC.CC.CC.CC.CC.CC.CC.CC[NH+]=C1C=CC(=C(c2ccc(N(CC)CC)cc2)c2ccc(N(CC)CC)cc2)c2ccccc21.CC[Si](OC)(OC)OC.CC[Si](OC)(OC)OC.CC[Si](OC)(OC)OC.CC[Si](OC)(OC)OC.CO[Si](CCCN)(OC)OC.CO[Si](CCCNC(=O)CCC(=O)O)(OC)OC.O=C1CCC(=O)O1.O=CO[O-].O=[Si]=O.O=[Si]=O.[Cl-].[Na+]. The quantitative estimate of drug-likeness (QED) is 0.00792. The third kappa shape index (κ3) is 75.3. The number of carbonyl (C=O) groups is 5. The summed E-state index contributed by atoms with van der Waals surface area (Å²) in [5.74, 6) is -2.04. The van der Waals surface area contributed by atoms with Gasteiger partial charge in [0.15, 0.2) is 0 Å². The first-order valence-corrected chi connectivity index (χ1v) is 58.0. The zero-order chi connectivity index (χ0) is 106. The number of ether oxygens (including phenoxy) is 1. The maximum Gasteiger partial charge on any atom is 1.00 e. The van der Waals surface area contributed by atoms with Crippen molar-refractivity contribution in [1.82, 2.24) is 5.32 Å². The summed E-state index contributed by atoms with van der Waals surface area (Å²) >= 11 is 0. The Labute approximate surface area is 848 Å². The van der Waals surface area contributed by atoms with E-state index in [1.807, 2.05) is 125 Å². The Morgan fingerprint density at radius 2 is 0.709 bits per heavy atom. The fourth-order valence-corrected chi connectivity index (χ4v) is 19.6. The van der Waals surface area contributed by atoms with Gasteiger partial charge in [0.05, 0.1) is 24.8 Å². The van der Waals surface area contributed by atoms with Crippen LogP contribution in [0, 0.1) is 0 Å². The number of halogens is 1. The smallest absolute Gasteiger partial charge is 1.00 e. The van der Waals surface area contributed by atoms with Crippen molar-refractivity contribution in [1.29, 1.82) is 0 Å². The van der Waals surface area contributed by atoms with Crippen LogP contribution in [0.15, 0.2) is 84.9 Å². The number of aliphatic carboxylic acids is 1. The molecule has 0 aromatic heterocycles. The molecule has 0 saturated carbocycles. The summed E-state index contributed by atoms with van der Waals surface area (Å²) in [6.45, 7) is 52.8. The Morgan fingerprint density at radius 1 is 0.448 bits per heavy atom. The van der Waals surface area contributed by atoms with E-state index in [1.165, 1.54) is 71.8 Å². The van der Waals surface area contributed by atoms with Crippen molar-refractivity contribution < 1.29 is 188 Å². The summed E-state index contributed by atoms with van der Waals surface area (Å²) < 4.78 is 130. The van der Waals surface area contributed by atoms with Gasteiger partial charge < -0.3 is 133 Å². The van der Waals surface area contributed by atoms with E-state index in [0.717, 1.165) is 69.4 Å². The number of benzene rings is 3. The molecule has 0 atom stereocenters. The van der Waals surface area contributed by atoms with Gasteiger partial charge in [-0.1, -0.05) is 167 Å². The number of nitrogens with two attached hydrogens (primary N) is 1. The van der Waals surface area contributed by atoms with Crippen molar-refractivity contribution in [3.63, 3.8) is 0 Å². The number of cyclic esters (lactones) is 2. The monoisotopic (exact) mass is 2090 g/mol. The van der Waals surface area contributed by atoms with Crippen molar-refractivity contribution in [2.24, 2.45) is 5.73 Å². The van der Waals surface area contributed by atoms with Crippen LogP contribution in [-0.2, 0) is 131 Å². The van der Waals surface area contributed by atoms with Crippen LogP contribution in [0.1, 0.15) is 220 Å². The van der Waals surface area contributed by atoms with Gasteiger partial charge in [-0.15, -0.1) is 0 Å². The molecule has 0 radical (unpaired) electrons. The van der Waals surface area contributed by atoms with E-state index in [1.54, 1.807) is 107 Å². The predicted molar refractivity (Wildman–Crippen MR) is 539 cm³/mol. The summed E-state index contributed by atoms with van der Waals surface area (Å²) in [6, 6.07) is 31.6. The van der Waals surface area contributed by atoms with E-state index in [9.17, 15) is 19.2 Å². The second-order valence-electron chi connectivity index (χ2n) is 23.2. The number of allylic oxidation sites excluding steroid dienone is 3. The topological polar surface area (TPSA) is 440 Å². The molecular weight excluding hydrogens is 1910 g/mol. The number of anilines is 2. The van der Waals surface area contributed by atoms with Crippen LogP contribution < -0.4 is 73.1 Å². The molecule has 134 heavy (non-hydrogen) atoms. The van der Waals surface area contributed by atoms with E-state index in [2.05, 4.69) is 149 Å². The fraction of sp³-hybridized carbons (Fsp3) is 0.682. The first-order chi connectivity index (χ1) is 63.4. The summed E-state index contributed by atoms with van der Waals surface area (Å²) in [6.07, 6.45) is 6.41. The second kappa shape index (κ2) is 115. The normalized spacial score (nSPS) is 11.0. The van der Waals surface area contributed by atoms with Gasteiger partial charge in [-0.3, -0.25) is 41.8 Å². The molecule has 0 bridgehead atoms. The van der Waals surface area contributed by atoms with Crippen LogP contribution in [0.3, 0.4) is 0 Å². The number of carboxylic acids is 1. The van der Waals surface area contributed by atoms with Gasteiger partial charge in [0, 0.05) is 221 Å². The molecule has 3 aromatic carbocycles. The van der Waals surface area contributed by atoms with Crippen LogP contribution in [0.4, 0.5) is 11.4 Å². The van der Waals surface area contributed by atoms with E-state index in [-0.39, 0.29) is 80.0 Å². The molecule has 1 aliphatic heterocycles. The van der Waals surface area contributed by atoms with Crippen molar-refractivity contribution in [3.8, 4) is 0 Å². The number of carbonyl (C=O) groups excluding carboxylic acids is 4. The molecule has 784 valence electrons. The number of nitrogens with zero attached hydrogens (tertiary/aromatic N) is 2. The van der Waals surface area contributed by atoms with Gasteiger partial charge in [0.25, 0.3) is 6.47 Å². The minimum Gasteiger partial charge on any atom is -1.00 e. The Balaban J connectivity index is -0.0000000955. The molecule has 1 fully saturated rings. The zero-order valence-electron chi connectivity index (χ0n) is 90.1. The van der Waals surface area contributed by atoms with E-state index in [0.29, 0.717) is 25.6 Å². The van der Waals surface area contributed by atoms with Crippen LogP contribution in [-0.4, -0.2) is 286 Å². The molecule has 3 aromatic rings. The summed E-state index contributed by atoms with van der Waals surface area (Å²) in [5, 5.41) is 19.5. The zero-order valence-corrected chi connectivity index (χ0v) is 101. The predicted octanol–water partition coefficient (Wildman–Crippen LogP) is 8.02. The van der Waals surface area contributed by atoms with Gasteiger partial charge in [-0.05, 0) is 118 Å². The third-order valence-corrected chi connectivity index (χ3v) is 34.1. The number of hydrogen-bond acceptors (Lipinski definition) is 33. The maximum absolute atomic E-state index is 11.2. The Bertz CT molecular complexity index is 3000. The van der Waals surface area contributed by atoms with Gasteiger partial charge in [0.1, 0.15) is 6.54 Å². The molecule has 2 aliphatic rings.